The Labute approximate surface area is 232 Å². The van der Waals surface area contributed by atoms with E-state index in [4.69, 9.17) is 21.1 Å². The minimum atomic E-state index is -1.13. The zero-order valence-corrected chi connectivity index (χ0v) is 23.2. The van der Waals surface area contributed by atoms with Crippen LogP contribution in [0, 0.1) is 5.82 Å². The Kier molecular flexibility index (Phi) is 8.22. The first kappa shape index (κ1) is 27.6. The van der Waals surface area contributed by atoms with Crippen molar-refractivity contribution >= 4 is 17.4 Å². The molecule has 0 bridgehead atoms. The van der Waals surface area contributed by atoms with Gasteiger partial charge in [0.1, 0.15) is 17.5 Å². The van der Waals surface area contributed by atoms with E-state index < -0.39 is 6.29 Å². The summed E-state index contributed by atoms with van der Waals surface area (Å²) < 4.78 is 27.2. The Bertz CT molecular complexity index is 1370. The van der Waals surface area contributed by atoms with Crippen molar-refractivity contribution in [2.45, 2.75) is 38.4 Å². The van der Waals surface area contributed by atoms with Gasteiger partial charge in [0.2, 0.25) is 0 Å². The molecule has 1 aromatic carbocycles. The highest BCUT2D eigenvalue weighted by Gasteiger charge is 2.33. The molecule has 39 heavy (non-hydrogen) atoms. The predicted octanol–water partition coefficient (Wildman–Crippen LogP) is 4.28. The predicted molar refractivity (Wildman–Crippen MR) is 148 cm³/mol. The molecule has 0 spiro atoms. The molecule has 2 aliphatic heterocycles. The third kappa shape index (κ3) is 5.67. The summed E-state index contributed by atoms with van der Waals surface area (Å²) in [5.41, 5.74) is 7.39. The molecule has 0 saturated heterocycles. The SMILES string of the molecule is COCC1Cn2cc(-c3cc(NC4=CCNN4C)ncc3Cl)cc2C(C)N1Cc1cc(F)ccc1C(O)OC. The Morgan fingerprint density at radius 1 is 1.28 bits per heavy atom. The molecule has 0 radical (unpaired) electrons. The number of nitrogens with zero attached hydrogens (tertiary/aromatic N) is 4. The zero-order chi connectivity index (χ0) is 27.7. The van der Waals surface area contributed by atoms with Gasteiger partial charge in [0.05, 0.1) is 17.7 Å². The monoisotopic (exact) mass is 556 g/mol. The molecule has 4 heterocycles. The molecule has 11 heteroatoms. The summed E-state index contributed by atoms with van der Waals surface area (Å²) in [6, 6.07) is 8.48. The second-order valence-electron chi connectivity index (χ2n) is 9.88. The fraction of sp³-hybridized carbons (Fsp3) is 0.393. The summed E-state index contributed by atoms with van der Waals surface area (Å²) in [5.74, 6) is 1.26. The Morgan fingerprint density at radius 3 is 2.82 bits per heavy atom. The minimum Gasteiger partial charge on any atom is -0.383 e. The molecule has 3 unspecified atom stereocenters. The van der Waals surface area contributed by atoms with Crippen LogP contribution in [0.15, 0.2) is 54.6 Å². The second-order valence-corrected chi connectivity index (χ2v) is 10.3. The van der Waals surface area contributed by atoms with E-state index in [-0.39, 0.29) is 17.9 Å². The minimum absolute atomic E-state index is 0.0231. The third-order valence-electron chi connectivity index (χ3n) is 7.45. The quantitative estimate of drug-likeness (QED) is 0.337. The van der Waals surface area contributed by atoms with Crippen LogP contribution < -0.4 is 10.7 Å². The number of hydrogen-bond acceptors (Lipinski definition) is 8. The lowest BCUT2D eigenvalue weighted by Gasteiger charge is -2.41. The van der Waals surface area contributed by atoms with Gasteiger partial charge in [-0.05, 0) is 42.8 Å². The first-order valence-corrected chi connectivity index (χ1v) is 13.2. The first-order chi connectivity index (χ1) is 18.8. The maximum Gasteiger partial charge on any atom is 0.181 e. The number of nitrogens with one attached hydrogen (secondary N) is 2. The highest BCUT2D eigenvalue weighted by Crippen LogP contribution is 2.38. The van der Waals surface area contributed by atoms with E-state index in [2.05, 4.69) is 50.5 Å². The number of anilines is 1. The molecular formula is C28H34ClFN6O3. The average molecular weight is 557 g/mol. The summed E-state index contributed by atoms with van der Waals surface area (Å²) >= 11 is 6.63. The van der Waals surface area contributed by atoms with E-state index in [1.54, 1.807) is 19.4 Å². The number of methoxy groups -OCH3 is 2. The summed E-state index contributed by atoms with van der Waals surface area (Å²) in [4.78, 5) is 6.74. The number of aromatic nitrogens is 2. The number of hydrazine groups is 1. The van der Waals surface area contributed by atoms with Crippen molar-refractivity contribution in [3.05, 3.63) is 82.3 Å². The van der Waals surface area contributed by atoms with Crippen molar-refractivity contribution in [1.29, 1.82) is 0 Å². The van der Waals surface area contributed by atoms with Crippen molar-refractivity contribution < 1.29 is 19.0 Å². The number of hydrogen-bond donors (Lipinski definition) is 3. The van der Waals surface area contributed by atoms with Crippen molar-refractivity contribution in [3.8, 4) is 11.1 Å². The summed E-state index contributed by atoms with van der Waals surface area (Å²) in [6.07, 6.45) is 4.69. The van der Waals surface area contributed by atoms with Gasteiger partial charge in [-0.1, -0.05) is 17.7 Å². The standard InChI is InChI=1S/C28H34ClFN6O3/c1-17-25-10-19(23-11-26(31-12-24(23)29)33-27-7-8-32-34(27)2)13-35(25)15-21(16-38-3)36(17)14-18-9-20(30)5-6-22(18)28(37)39-4/h5-7,9-13,17,21,28,32,37H,8,14-16H2,1-4H3,(H,31,33). The molecular weight excluding hydrogens is 523 g/mol. The smallest absolute Gasteiger partial charge is 0.181 e. The molecule has 2 aromatic heterocycles. The molecule has 0 fully saturated rings. The average Bonchev–Trinajstić information content (AvgIpc) is 3.53. The molecule has 3 N–H and O–H groups in total. The van der Waals surface area contributed by atoms with Gasteiger partial charge < -0.3 is 24.5 Å². The number of pyridine rings is 1. The zero-order valence-electron chi connectivity index (χ0n) is 22.5. The molecule has 0 amide bonds. The lowest BCUT2D eigenvalue weighted by atomic mass is 10.0. The molecule has 2 aliphatic rings. The highest BCUT2D eigenvalue weighted by atomic mass is 35.5. The molecule has 0 aliphatic carbocycles. The van der Waals surface area contributed by atoms with E-state index in [1.165, 1.54) is 19.2 Å². The molecule has 208 valence electrons. The van der Waals surface area contributed by atoms with Crippen molar-refractivity contribution in [1.82, 2.24) is 24.9 Å². The van der Waals surface area contributed by atoms with Gasteiger partial charge in [-0.15, -0.1) is 0 Å². The van der Waals surface area contributed by atoms with Gasteiger partial charge in [-0.3, -0.25) is 9.91 Å². The molecule has 0 saturated carbocycles. The Hall–Kier alpha value is -2.99. The summed E-state index contributed by atoms with van der Waals surface area (Å²) in [6.45, 7) is 4.48. The van der Waals surface area contributed by atoms with Crippen LogP contribution in [0.2, 0.25) is 5.02 Å². The molecule has 3 aromatic rings. The highest BCUT2D eigenvalue weighted by molar-refractivity contribution is 6.33. The van der Waals surface area contributed by atoms with Crippen LogP contribution in [0.25, 0.3) is 11.1 Å². The third-order valence-corrected chi connectivity index (χ3v) is 7.75. The van der Waals surface area contributed by atoms with Crippen molar-refractivity contribution in [2.24, 2.45) is 0 Å². The fourth-order valence-electron chi connectivity index (χ4n) is 5.38. The number of fused-ring (bicyclic) bond motifs is 1. The van der Waals surface area contributed by atoms with Crippen LogP contribution in [0.5, 0.6) is 0 Å². The van der Waals surface area contributed by atoms with Crippen LogP contribution in [-0.4, -0.2) is 65.0 Å². The normalized spacial score (nSPS) is 20.2. The van der Waals surface area contributed by atoms with E-state index in [1.807, 2.05) is 18.1 Å². The van der Waals surface area contributed by atoms with Gasteiger partial charge >= 0.3 is 0 Å². The molecule has 5 rings (SSSR count). The van der Waals surface area contributed by atoms with E-state index >= 15 is 0 Å². The first-order valence-electron chi connectivity index (χ1n) is 12.8. The second kappa shape index (κ2) is 11.6. The van der Waals surface area contributed by atoms with E-state index in [9.17, 15) is 9.50 Å². The number of aliphatic hydroxyl groups excluding tert-OH is 1. The maximum atomic E-state index is 14.3. The number of benzene rings is 1. The van der Waals surface area contributed by atoms with Crippen LogP contribution in [0.4, 0.5) is 10.2 Å². The van der Waals surface area contributed by atoms with Gasteiger partial charge in [-0.2, -0.15) is 0 Å². The topological polar surface area (TPSA) is 87.1 Å². The van der Waals surface area contributed by atoms with Crippen molar-refractivity contribution in [3.63, 3.8) is 0 Å². The number of rotatable bonds is 9. The van der Waals surface area contributed by atoms with E-state index in [0.29, 0.717) is 41.7 Å². The number of halogens is 2. The number of aliphatic hydroxyl groups is 1. The lowest BCUT2D eigenvalue weighted by Crippen LogP contribution is -2.47. The van der Waals surface area contributed by atoms with Crippen LogP contribution in [0.1, 0.15) is 36.1 Å². The fourth-order valence-corrected chi connectivity index (χ4v) is 5.60. The summed E-state index contributed by atoms with van der Waals surface area (Å²) in [7, 11) is 5.05. The molecule has 9 nitrogen and oxygen atoms in total. The number of ether oxygens (including phenoxy) is 2. The van der Waals surface area contributed by atoms with Crippen LogP contribution in [0.3, 0.4) is 0 Å². The van der Waals surface area contributed by atoms with Gasteiger partial charge in [0, 0.05) is 81.7 Å². The molecule has 3 atom stereocenters. The van der Waals surface area contributed by atoms with Crippen molar-refractivity contribution in [2.75, 3.05) is 39.7 Å². The lowest BCUT2D eigenvalue weighted by molar-refractivity contribution is -0.0782. The Balaban J connectivity index is 1.46. The van der Waals surface area contributed by atoms with Crippen LogP contribution in [-0.2, 0) is 22.6 Å². The van der Waals surface area contributed by atoms with Gasteiger partial charge in [0.15, 0.2) is 6.29 Å². The maximum absolute atomic E-state index is 14.3. The largest absolute Gasteiger partial charge is 0.383 e. The Morgan fingerprint density at radius 2 is 2.10 bits per heavy atom. The summed E-state index contributed by atoms with van der Waals surface area (Å²) in [5, 5.41) is 16.2. The van der Waals surface area contributed by atoms with Crippen LogP contribution >= 0.6 is 11.6 Å². The van der Waals surface area contributed by atoms with Gasteiger partial charge in [-0.25, -0.2) is 14.8 Å². The van der Waals surface area contributed by atoms with Gasteiger partial charge in [0.25, 0.3) is 0 Å². The van der Waals surface area contributed by atoms with E-state index in [0.717, 1.165) is 29.2 Å².